The molecule has 8 aliphatic rings. The Kier molecular flexibility index (Phi) is 17.1. The largest absolute Gasteiger partial charge is 0.302 e. The van der Waals surface area contributed by atoms with Crippen molar-refractivity contribution < 1.29 is 0 Å². The summed E-state index contributed by atoms with van der Waals surface area (Å²) in [5.74, 6) is 4.81. The van der Waals surface area contributed by atoms with E-state index >= 15 is 0 Å². The number of benzene rings is 2. The van der Waals surface area contributed by atoms with Gasteiger partial charge in [0.1, 0.15) is 0 Å². The van der Waals surface area contributed by atoms with Gasteiger partial charge in [-0.15, -0.1) is 0 Å². The molecule has 4 heteroatoms. The first kappa shape index (κ1) is 49.8. The van der Waals surface area contributed by atoms with Crippen molar-refractivity contribution in [3.05, 3.63) is 71.3 Å². The molecule has 0 saturated heterocycles. The Labute approximate surface area is 416 Å². The molecule has 0 amide bonds. The maximum Gasteiger partial charge on any atom is 0.0406 e. The summed E-state index contributed by atoms with van der Waals surface area (Å²) in [5.41, 5.74) is 11.4. The molecule has 7 saturated carbocycles. The van der Waals surface area contributed by atoms with E-state index in [0.29, 0.717) is 23.4 Å². The second-order valence-electron chi connectivity index (χ2n) is 25.5. The second-order valence-corrected chi connectivity index (χ2v) is 31.6. The molecule has 0 radical (unpaired) electrons. The van der Waals surface area contributed by atoms with Gasteiger partial charge in [-0.1, -0.05) is 193 Å². The molecule has 0 aromatic heterocycles. The van der Waals surface area contributed by atoms with E-state index in [1.54, 1.807) is 31.2 Å². The first-order valence-electron chi connectivity index (χ1n) is 29.9. The quantitative estimate of drug-likeness (QED) is 0.207. The Morgan fingerprint density at radius 3 is 1.61 bits per heavy atom. The maximum atomic E-state index is 2.95. The minimum absolute atomic E-state index is 0.0151. The molecule has 67 heavy (non-hydrogen) atoms. The van der Waals surface area contributed by atoms with Crippen LogP contribution in [0.1, 0.15) is 241 Å². The average Bonchev–Trinajstić information content (AvgIpc) is 3.99. The van der Waals surface area contributed by atoms with E-state index in [0.717, 1.165) is 63.5 Å². The van der Waals surface area contributed by atoms with E-state index in [1.165, 1.54) is 173 Å². The van der Waals surface area contributed by atoms with Gasteiger partial charge in [0.2, 0.25) is 0 Å². The molecule has 2 aromatic carbocycles. The van der Waals surface area contributed by atoms with Crippen molar-refractivity contribution in [1.82, 2.24) is 9.80 Å². The summed E-state index contributed by atoms with van der Waals surface area (Å²) in [6.45, 7) is 2.95. The van der Waals surface area contributed by atoms with Crippen molar-refractivity contribution in [2.24, 2.45) is 35.0 Å². The third-order valence-corrected chi connectivity index (χ3v) is 29.8. The zero-order valence-electron chi connectivity index (χ0n) is 44.0. The minimum Gasteiger partial charge on any atom is -0.302 e. The van der Waals surface area contributed by atoms with E-state index in [4.69, 9.17) is 0 Å². The number of fused-ring (bicyclic) bond motifs is 10. The van der Waals surface area contributed by atoms with Gasteiger partial charge in [-0.3, -0.25) is 0 Å². The molecule has 8 aliphatic carbocycles. The van der Waals surface area contributed by atoms with E-state index < -0.39 is 0 Å². The number of nitrogens with zero attached hydrogens (tertiary/aromatic N) is 2. The van der Waals surface area contributed by atoms with Gasteiger partial charge in [-0.25, -0.2) is 0 Å². The van der Waals surface area contributed by atoms with Crippen molar-refractivity contribution in [2.75, 3.05) is 28.2 Å². The fourth-order valence-electron chi connectivity index (χ4n) is 19.4. The van der Waals surface area contributed by atoms with Gasteiger partial charge in [-0.2, -0.15) is 0 Å². The number of hydrogen-bond acceptors (Lipinski definition) is 2. The van der Waals surface area contributed by atoms with Crippen LogP contribution in [0.25, 0.3) is 0 Å². The molecular weight excluding hydrogens is 847 g/mol. The topological polar surface area (TPSA) is 6.48 Å². The molecule has 10 rings (SSSR count). The Bertz CT molecular complexity index is 1770. The van der Waals surface area contributed by atoms with Gasteiger partial charge < -0.3 is 9.80 Å². The van der Waals surface area contributed by atoms with Crippen molar-refractivity contribution >= 4 is 15.8 Å². The molecule has 372 valence electrons. The fourth-order valence-corrected chi connectivity index (χ4v) is 29.1. The molecule has 11 atom stereocenters. The van der Waals surface area contributed by atoms with Crippen LogP contribution >= 0.6 is 15.8 Å². The molecule has 2 aromatic rings. The van der Waals surface area contributed by atoms with Gasteiger partial charge in [0.15, 0.2) is 0 Å². The third-order valence-electron chi connectivity index (χ3n) is 21.7. The van der Waals surface area contributed by atoms with Crippen molar-refractivity contribution in [2.45, 2.75) is 258 Å². The van der Waals surface area contributed by atoms with Gasteiger partial charge in [0.25, 0.3) is 0 Å². The lowest BCUT2D eigenvalue weighted by Gasteiger charge is -2.56. The first-order valence-corrected chi connectivity index (χ1v) is 33.0. The van der Waals surface area contributed by atoms with E-state index in [-0.39, 0.29) is 15.8 Å². The summed E-state index contributed by atoms with van der Waals surface area (Å²) in [6.07, 6.45) is 46.7. The van der Waals surface area contributed by atoms with Crippen LogP contribution in [0.5, 0.6) is 0 Å². The van der Waals surface area contributed by atoms with Crippen molar-refractivity contribution in [3.63, 3.8) is 0 Å². The Morgan fingerprint density at radius 1 is 0.522 bits per heavy atom. The predicted octanol–water partition coefficient (Wildman–Crippen LogP) is 18.1. The summed E-state index contributed by atoms with van der Waals surface area (Å²) in [7, 11) is 10.1. The van der Waals surface area contributed by atoms with E-state index in [2.05, 4.69) is 99.5 Å². The van der Waals surface area contributed by atoms with Gasteiger partial charge in [0.05, 0.1) is 0 Å². The third kappa shape index (κ3) is 10.2. The van der Waals surface area contributed by atoms with Crippen LogP contribution in [0.15, 0.2) is 54.6 Å². The van der Waals surface area contributed by atoms with Crippen LogP contribution in [0.4, 0.5) is 0 Å². The zero-order chi connectivity index (χ0) is 45.9. The Hall–Kier alpha value is -0.780. The highest BCUT2D eigenvalue weighted by Crippen LogP contribution is 2.73. The lowest BCUT2D eigenvalue weighted by Crippen LogP contribution is -2.49. The summed E-state index contributed by atoms with van der Waals surface area (Å²) >= 11 is 0. The second kappa shape index (κ2) is 23.0. The number of rotatable bonds is 11. The lowest BCUT2D eigenvalue weighted by molar-refractivity contribution is -0.0123. The Morgan fingerprint density at radius 2 is 1.03 bits per heavy atom. The van der Waals surface area contributed by atoms with Crippen LogP contribution in [-0.4, -0.2) is 71.9 Å². The highest BCUT2D eigenvalue weighted by atomic mass is 31.1. The van der Waals surface area contributed by atoms with E-state index in [1.807, 2.05) is 11.1 Å². The van der Waals surface area contributed by atoms with Crippen LogP contribution in [0.3, 0.4) is 0 Å². The first-order chi connectivity index (χ1) is 32.9. The van der Waals surface area contributed by atoms with E-state index in [9.17, 15) is 0 Å². The highest BCUT2D eigenvalue weighted by Gasteiger charge is 2.60. The minimum atomic E-state index is -0.148. The molecule has 1 spiro atoms. The molecule has 6 unspecified atom stereocenters. The monoisotopic (exact) mass is 947 g/mol. The maximum absolute atomic E-state index is 2.95. The van der Waals surface area contributed by atoms with Gasteiger partial charge >= 0.3 is 0 Å². The molecular formula is C63H100N2P2. The predicted molar refractivity (Wildman–Crippen MR) is 294 cm³/mol. The van der Waals surface area contributed by atoms with Crippen LogP contribution < -0.4 is 0 Å². The number of hydrogen-bond donors (Lipinski definition) is 0. The summed E-state index contributed by atoms with van der Waals surface area (Å²) < 4.78 is 0. The van der Waals surface area contributed by atoms with Crippen molar-refractivity contribution in [1.29, 1.82) is 0 Å². The molecule has 7 fully saturated rings. The van der Waals surface area contributed by atoms with Crippen LogP contribution in [-0.2, 0) is 0 Å². The van der Waals surface area contributed by atoms with Crippen LogP contribution in [0.2, 0.25) is 0 Å². The Balaban J connectivity index is 1.17. The zero-order valence-corrected chi connectivity index (χ0v) is 45.8. The molecule has 0 aliphatic heterocycles. The summed E-state index contributed by atoms with van der Waals surface area (Å²) in [4.78, 5) is 5.68. The summed E-state index contributed by atoms with van der Waals surface area (Å²) in [5, 5.41) is 0. The normalized spacial score (nSPS) is 35.4. The molecule has 0 N–H and O–H groups in total. The summed E-state index contributed by atoms with van der Waals surface area (Å²) in [6, 6.07) is 23.9. The highest BCUT2D eigenvalue weighted by molar-refractivity contribution is 7.60. The van der Waals surface area contributed by atoms with Gasteiger partial charge in [-0.05, 0) is 203 Å². The van der Waals surface area contributed by atoms with Crippen LogP contribution in [0, 0.1) is 35.0 Å². The molecule has 2 nitrogen and oxygen atoms in total. The molecule has 4 bridgehead atoms. The van der Waals surface area contributed by atoms with Gasteiger partial charge in [0, 0.05) is 12.1 Å². The SMILES string of the molecule is C[C@H](C1CCCC12C1CCCCC(CCC1)C1C[C@H](c3ccccc3[C@H]2N(C)C)C(P(C2CCCCC2)C2CCCCC2)[C@@H]1[C@@H](c1ccccc1)N(C)C)P(C1CCCCC1)C1CCCCC1. The molecule has 0 heterocycles. The lowest BCUT2D eigenvalue weighted by atomic mass is 9.57. The van der Waals surface area contributed by atoms with Crippen molar-refractivity contribution in [3.8, 4) is 0 Å². The standard InChI is InChI=1S/C63H100N2P2/c1-46(66(50-33-13-7-14-34-50)51-35-15-8-16-36-51)58-43-26-44-63(58)49-31-22-21-27-47(30-25-32-49)56-45-57(54-41-23-24-42-55(54)62(63)65(4)5)61(59(56)60(64(2)3)48-28-11-6-12-29-48)67(52-37-17-9-18-38-52)53-39-19-10-20-40-53/h6,11-12,23-24,28-29,41-42,46-47,49-53,56-62H,7-10,13-22,25-27,30-40,43-45H2,1-5H3/t46-,47?,49?,56?,57-,58?,59+,60-,61?,62-,63?/m1/s1. The average molecular weight is 947 g/mol. The smallest absolute Gasteiger partial charge is 0.0406 e. The fraction of sp³-hybridized carbons (Fsp3) is 0.810.